The summed E-state index contributed by atoms with van der Waals surface area (Å²) in [4.78, 5) is 0. The molecule has 2 rings (SSSR count). The normalized spacial score (nSPS) is 41.4. The van der Waals surface area contributed by atoms with Gasteiger partial charge in [0.1, 0.15) is 30.5 Å². The van der Waals surface area contributed by atoms with Crippen LogP contribution in [-0.2, 0) is 9.47 Å². The number of fused-ring (bicyclic) bond motifs is 1. The Kier molecular flexibility index (Phi) is 5.85. The van der Waals surface area contributed by atoms with E-state index in [4.69, 9.17) is 9.47 Å². The number of ether oxygens (including phenoxy) is 2. The quantitative estimate of drug-likeness (QED) is 0.676. The highest BCUT2D eigenvalue weighted by molar-refractivity contribution is 6.80. The fourth-order valence-corrected chi connectivity index (χ4v) is 3.86. The van der Waals surface area contributed by atoms with Crippen LogP contribution >= 0.6 is 0 Å². The van der Waals surface area contributed by atoms with Gasteiger partial charge in [0.05, 0.1) is 20.3 Å². The molecule has 0 spiro atoms. The maximum atomic E-state index is 10.4. The Morgan fingerprint density at radius 2 is 1.82 bits per heavy atom. The van der Waals surface area contributed by atoms with Crippen LogP contribution in [0.3, 0.4) is 0 Å². The fraction of sp³-hybridized carbons (Fsp3) is 0.875. The maximum Gasteiger partial charge on any atom is 0.116 e. The molecule has 0 aliphatic carbocycles. The molecule has 22 heavy (non-hydrogen) atoms. The molecule has 2 heterocycles. The van der Waals surface area contributed by atoms with Crippen LogP contribution in [0.5, 0.6) is 0 Å². The number of rotatable bonds is 4. The van der Waals surface area contributed by atoms with E-state index in [2.05, 4.69) is 19.6 Å². The Morgan fingerprint density at radius 3 is 2.41 bits per heavy atom. The van der Waals surface area contributed by atoms with Crippen LogP contribution in [0.15, 0.2) is 11.8 Å². The van der Waals surface area contributed by atoms with Crippen LogP contribution in [0, 0.1) is 0 Å². The molecule has 128 valence electrons. The summed E-state index contributed by atoms with van der Waals surface area (Å²) < 4.78 is 11.7. The Morgan fingerprint density at radius 1 is 1.14 bits per heavy atom. The Balaban J connectivity index is 2.05. The number of hydrogen-bond acceptors (Lipinski definition) is 5. The van der Waals surface area contributed by atoms with Gasteiger partial charge in [0, 0.05) is 0 Å². The molecule has 0 amide bonds. The lowest BCUT2D eigenvalue weighted by Crippen LogP contribution is -2.63. The molecule has 7 atom stereocenters. The van der Waals surface area contributed by atoms with Gasteiger partial charge >= 0.3 is 0 Å². The summed E-state index contributed by atoms with van der Waals surface area (Å²) in [5, 5.41) is 31.0. The second-order valence-electron chi connectivity index (χ2n) is 7.54. The van der Waals surface area contributed by atoms with Crippen molar-refractivity contribution < 1.29 is 24.8 Å². The van der Waals surface area contributed by atoms with E-state index >= 15 is 0 Å². The molecule has 2 fully saturated rings. The summed E-state index contributed by atoms with van der Waals surface area (Å²) in [6, 6.07) is 0. The predicted molar refractivity (Wildman–Crippen MR) is 87.4 cm³/mol. The molecule has 0 bridgehead atoms. The van der Waals surface area contributed by atoms with E-state index in [0.717, 1.165) is 19.3 Å². The van der Waals surface area contributed by atoms with Crippen LogP contribution in [-0.4, -0.2) is 66.1 Å². The lowest BCUT2D eigenvalue weighted by Gasteiger charge is -2.47. The minimum absolute atomic E-state index is 0.111. The van der Waals surface area contributed by atoms with Crippen molar-refractivity contribution in [2.24, 2.45) is 0 Å². The van der Waals surface area contributed by atoms with Gasteiger partial charge in [-0.25, -0.2) is 0 Å². The Bertz CT molecular complexity index is 392. The molecule has 0 radical (unpaired) electrons. The number of aliphatic hydroxyl groups is 3. The van der Waals surface area contributed by atoms with Gasteiger partial charge in [0.2, 0.25) is 0 Å². The van der Waals surface area contributed by atoms with E-state index in [-0.39, 0.29) is 12.2 Å². The summed E-state index contributed by atoms with van der Waals surface area (Å²) in [5.74, 6) is 0. The molecule has 0 aromatic heterocycles. The highest BCUT2D eigenvalue weighted by Gasteiger charge is 2.49. The summed E-state index contributed by atoms with van der Waals surface area (Å²) in [6.45, 7) is 8.54. The van der Waals surface area contributed by atoms with E-state index in [1.54, 1.807) is 6.08 Å². The van der Waals surface area contributed by atoms with E-state index in [1.165, 1.54) is 0 Å². The van der Waals surface area contributed by atoms with Crippen molar-refractivity contribution in [1.29, 1.82) is 0 Å². The zero-order chi connectivity index (χ0) is 16.5. The lowest BCUT2D eigenvalue weighted by molar-refractivity contribution is -0.274. The molecular weight excluding hydrogens is 300 g/mol. The SMILES string of the molecule is CC[C@H]1CC[C@@H]2O[C@@H]([C@@H](O)/C=C/[Si](C)(C)C)[C@@H](O)[C@@H](O)[C@H]2O1. The van der Waals surface area contributed by atoms with E-state index in [1.807, 2.05) is 12.6 Å². The molecular formula is C16H30O5Si. The van der Waals surface area contributed by atoms with E-state index < -0.39 is 38.6 Å². The van der Waals surface area contributed by atoms with Crippen molar-refractivity contribution in [3.8, 4) is 0 Å². The predicted octanol–water partition coefficient (Wildman–Crippen LogP) is 1.23. The smallest absolute Gasteiger partial charge is 0.116 e. The van der Waals surface area contributed by atoms with Crippen molar-refractivity contribution in [1.82, 2.24) is 0 Å². The molecule has 0 aromatic rings. The van der Waals surface area contributed by atoms with Crippen molar-refractivity contribution in [3.63, 3.8) is 0 Å². The first-order valence-electron chi connectivity index (χ1n) is 8.27. The summed E-state index contributed by atoms with van der Waals surface area (Å²) in [6.07, 6.45) is -0.276. The van der Waals surface area contributed by atoms with Gasteiger partial charge in [-0.2, -0.15) is 0 Å². The standard InChI is InChI=1S/C16H30O5Si/c1-5-10-6-7-12-16(20-10)14(19)13(18)15(21-12)11(17)8-9-22(2,3)4/h8-19H,5-7H2,1-4H3/b9-8+/t10-,11-,12-,13-,14+,15-,16-/m0/s1. The van der Waals surface area contributed by atoms with Gasteiger partial charge < -0.3 is 24.8 Å². The Labute approximate surface area is 134 Å². The minimum Gasteiger partial charge on any atom is -0.387 e. The average molecular weight is 330 g/mol. The molecule has 3 N–H and O–H groups in total. The van der Waals surface area contributed by atoms with Crippen LogP contribution < -0.4 is 0 Å². The van der Waals surface area contributed by atoms with Gasteiger partial charge in [0.25, 0.3) is 0 Å². The second-order valence-corrected chi connectivity index (χ2v) is 12.6. The molecule has 5 nitrogen and oxygen atoms in total. The zero-order valence-corrected chi connectivity index (χ0v) is 15.0. The fourth-order valence-electron chi connectivity index (χ4n) is 3.09. The van der Waals surface area contributed by atoms with Crippen molar-refractivity contribution in [2.75, 3.05) is 0 Å². The molecule has 6 heteroatoms. The number of hydrogen-bond donors (Lipinski definition) is 3. The topological polar surface area (TPSA) is 79.2 Å². The highest BCUT2D eigenvalue weighted by atomic mass is 28.3. The number of aliphatic hydroxyl groups excluding tert-OH is 3. The molecule has 2 aliphatic rings. The first kappa shape index (κ1) is 18.1. The molecule has 2 saturated heterocycles. The van der Waals surface area contributed by atoms with Gasteiger partial charge in [-0.3, -0.25) is 0 Å². The molecule has 2 aliphatic heterocycles. The van der Waals surface area contributed by atoms with Gasteiger partial charge in [0.15, 0.2) is 0 Å². The van der Waals surface area contributed by atoms with Crippen LogP contribution in [0.4, 0.5) is 0 Å². The summed E-state index contributed by atoms with van der Waals surface area (Å²) in [5.41, 5.74) is 2.02. The largest absolute Gasteiger partial charge is 0.387 e. The molecule has 0 unspecified atom stereocenters. The van der Waals surface area contributed by atoms with E-state index in [0.29, 0.717) is 0 Å². The van der Waals surface area contributed by atoms with Crippen molar-refractivity contribution in [2.45, 2.75) is 88.6 Å². The van der Waals surface area contributed by atoms with Gasteiger partial charge in [-0.05, 0) is 19.3 Å². The first-order chi connectivity index (χ1) is 10.2. The summed E-state index contributed by atoms with van der Waals surface area (Å²) in [7, 11) is -1.44. The van der Waals surface area contributed by atoms with Crippen LogP contribution in [0.1, 0.15) is 26.2 Å². The Hall–Kier alpha value is -0.243. The monoisotopic (exact) mass is 330 g/mol. The van der Waals surface area contributed by atoms with Crippen LogP contribution in [0.25, 0.3) is 0 Å². The van der Waals surface area contributed by atoms with Crippen molar-refractivity contribution in [3.05, 3.63) is 11.8 Å². The van der Waals surface area contributed by atoms with Gasteiger partial charge in [-0.1, -0.05) is 38.3 Å². The molecule has 0 saturated carbocycles. The lowest BCUT2D eigenvalue weighted by atomic mass is 9.87. The third-order valence-electron chi connectivity index (χ3n) is 4.43. The third-order valence-corrected chi connectivity index (χ3v) is 5.62. The highest BCUT2D eigenvalue weighted by Crippen LogP contribution is 2.33. The second kappa shape index (κ2) is 7.11. The molecule has 0 aromatic carbocycles. The van der Waals surface area contributed by atoms with E-state index in [9.17, 15) is 15.3 Å². The van der Waals surface area contributed by atoms with Crippen LogP contribution in [0.2, 0.25) is 19.6 Å². The first-order valence-corrected chi connectivity index (χ1v) is 11.8. The zero-order valence-electron chi connectivity index (χ0n) is 14.0. The average Bonchev–Trinajstić information content (AvgIpc) is 2.47. The maximum absolute atomic E-state index is 10.4. The van der Waals surface area contributed by atoms with Crippen molar-refractivity contribution >= 4 is 8.07 Å². The third kappa shape index (κ3) is 4.18. The summed E-state index contributed by atoms with van der Waals surface area (Å²) >= 11 is 0. The minimum atomic E-state index is -1.44. The van der Waals surface area contributed by atoms with Gasteiger partial charge in [-0.15, -0.1) is 0 Å².